The zero-order valence-electron chi connectivity index (χ0n) is 11.8. The average molecular weight is 322 g/mol. The Morgan fingerprint density at radius 3 is 2.64 bits per heavy atom. The summed E-state index contributed by atoms with van der Waals surface area (Å²) in [6.07, 6.45) is 5.22. The molecule has 0 aromatic carbocycles. The van der Waals surface area contributed by atoms with Crippen LogP contribution in [-0.4, -0.2) is 32.8 Å². The second-order valence-corrected chi connectivity index (χ2v) is 4.27. The molecule has 0 aliphatic rings. The van der Waals surface area contributed by atoms with Crippen molar-refractivity contribution in [3.8, 4) is 11.3 Å². The summed E-state index contributed by atoms with van der Waals surface area (Å²) in [5.74, 6) is -0.813. The van der Waals surface area contributed by atoms with Gasteiger partial charge in [-0.2, -0.15) is 0 Å². The van der Waals surface area contributed by atoms with E-state index in [-0.39, 0.29) is 6.42 Å². The molecule has 0 saturated carbocycles. The van der Waals surface area contributed by atoms with E-state index >= 15 is 0 Å². The number of alkyl halides is 1. The summed E-state index contributed by atoms with van der Waals surface area (Å²) in [7, 11) is 0. The number of aromatic nitrogens is 4. The summed E-state index contributed by atoms with van der Waals surface area (Å²) >= 11 is 4.64. The van der Waals surface area contributed by atoms with Gasteiger partial charge in [-0.3, -0.25) is 4.79 Å². The van der Waals surface area contributed by atoms with E-state index in [1.807, 2.05) is 35.2 Å². The molecule has 3 heterocycles. The minimum absolute atomic E-state index is 0.0961. The van der Waals surface area contributed by atoms with Gasteiger partial charge in [0, 0.05) is 24.1 Å². The van der Waals surface area contributed by atoms with Crippen molar-refractivity contribution in [3.05, 3.63) is 36.7 Å². The van der Waals surface area contributed by atoms with Gasteiger partial charge in [0.2, 0.25) is 5.65 Å². The fourth-order valence-corrected chi connectivity index (χ4v) is 1.85. The van der Waals surface area contributed by atoms with Crippen LogP contribution in [0.1, 0.15) is 6.42 Å². The number of aryl methyl sites for hydroxylation is 1. The molecule has 0 fully saturated rings. The van der Waals surface area contributed by atoms with Crippen LogP contribution in [0.25, 0.3) is 22.4 Å². The SMILES string of the molecule is CCl.O=C(O)CC[n+]1ccc(-c2ccc3nonc3n2)cc1. The molecule has 7 nitrogen and oxygen atoms in total. The standard InChI is InChI=1S/C13H10N4O3.CH3Cl/c18-12(19)5-8-17-6-3-9(4-7-17)10-1-2-11-13(14-10)16-20-15-11;1-2/h1-4,6-7H,5,8H2;1H3/p+1. The highest BCUT2D eigenvalue weighted by Gasteiger charge is 2.08. The van der Waals surface area contributed by atoms with Crippen molar-refractivity contribution in [2.24, 2.45) is 0 Å². The lowest BCUT2D eigenvalue weighted by Crippen LogP contribution is -2.33. The van der Waals surface area contributed by atoms with Crippen LogP contribution >= 0.6 is 11.6 Å². The lowest BCUT2D eigenvalue weighted by atomic mass is 10.2. The van der Waals surface area contributed by atoms with Crippen molar-refractivity contribution in [1.29, 1.82) is 0 Å². The van der Waals surface area contributed by atoms with Gasteiger partial charge in [0.25, 0.3) is 0 Å². The lowest BCUT2D eigenvalue weighted by molar-refractivity contribution is -0.695. The molecule has 22 heavy (non-hydrogen) atoms. The van der Waals surface area contributed by atoms with Crippen molar-refractivity contribution >= 4 is 28.7 Å². The molecule has 1 N–H and O–H groups in total. The third-order valence-electron chi connectivity index (χ3n) is 2.89. The predicted molar refractivity (Wildman–Crippen MR) is 79.3 cm³/mol. The van der Waals surface area contributed by atoms with E-state index in [2.05, 4.69) is 31.5 Å². The predicted octanol–water partition coefficient (Wildman–Crippen LogP) is 1.90. The zero-order chi connectivity index (χ0) is 15.9. The van der Waals surface area contributed by atoms with Gasteiger partial charge in [-0.05, 0) is 22.4 Å². The van der Waals surface area contributed by atoms with Gasteiger partial charge in [0.1, 0.15) is 6.42 Å². The Morgan fingerprint density at radius 2 is 1.95 bits per heavy atom. The highest BCUT2D eigenvalue weighted by atomic mass is 35.5. The molecule has 0 unspecified atom stereocenters. The van der Waals surface area contributed by atoms with Gasteiger partial charge in [-0.25, -0.2) is 14.2 Å². The fourth-order valence-electron chi connectivity index (χ4n) is 1.85. The number of halogens is 1. The van der Waals surface area contributed by atoms with E-state index in [9.17, 15) is 4.79 Å². The minimum atomic E-state index is -0.813. The third kappa shape index (κ3) is 3.76. The number of fused-ring (bicyclic) bond motifs is 1. The Hall–Kier alpha value is -2.54. The molecule has 0 amide bonds. The van der Waals surface area contributed by atoms with Crippen molar-refractivity contribution in [2.75, 3.05) is 6.38 Å². The van der Waals surface area contributed by atoms with E-state index < -0.39 is 5.97 Å². The first-order chi connectivity index (χ1) is 10.7. The number of rotatable bonds is 4. The summed E-state index contributed by atoms with van der Waals surface area (Å²) in [6, 6.07) is 7.39. The lowest BCUT2D eigenvalue weighted by Gasteiger charge is -1.99. The van der Waals surface area contributed by atoms with E-state index in [0.717, 1.165) is 11.3 Å². The van der Waals surface area contributed by atoms with Crippen LogP contribution in [0.2, 0.25) is 0 Å². The van der Waals surface area contributed by atoms with Crippen LogP contribution in [0.3, 0.4) is 0 Å². The van der Waals surface area contributed by atoms with E-state index in [1.54, 1.807) is 6.07 Å². The Balaban J connectivity index is 0.000000847. The molecule has 0 aliphatic carbocycles. The Morgan fingerprint density at radius 1 is 1.23 bits per heavy atom. The van der Waals surface area contributed by atoms with Crippen LogP contribution < -0.4 is 4.57 Å². The number of hydrogen-bond donors (Lipinski definition) is 1. The molecule has 0 atom stereocenters. The summed E-state index contributed by atoms with van der Waals surface area (Å²) in [5, 5.41) is 16.0. The van der Waals surface area contributed by atoms with Crippen LogP contribution in [0.4, 0.5) is 0 Å². The first kappa shape index (κ1) is 15.8. The second kappa shape index (κ2) is 7.46. The largest absolute Gasteiger partial charge is 0.481 e. The molecule has 0 saturated heterocycles. The van der Waals surface area contributed by atoms with Gasteiger partial charge in [-0.1, -0.05) is 0 Å². The second-order valence-electron chi connectivity index (χ2n) is 4.27. The molecular weight excluding hydrogens is 308 g/mol. The molecule has 0 spiro atoms. The highest BCUT2D eigenvalue weighted by molar-refractivity contribution is 6.15. The minimum Gasteiger partial charge on any atom is -0.481 e. The quantitative estimate of drug-likeness (QED) is 0.582. The number of carboxylic acid groups (broad SMARTS) is 1. The topological polar surface area (TPSA) is 93.0 Å². The van der Waals surface area contributed by atoms with Crippen LogP contribution in [0.15, 0.2) is 41.3 Å². The zero-order valence-corrected chi connectivity index (χ0v) is 12.6. The first-order valence-electron chi connectivity index (χ1n) is 6.41. The molecule has 8 heteroatoms. The van der Waals surface area contributed by atoms with Crippen LogP contribution in [-0.2, 0) is 11.3 Å². The van der Waals surface area contributed by atoms with E-state index in [4.69, 9.17) is 5.11 Å². The van der Waals surface area contributed by atoms with Crippen molar-refractivity contribution in [3.63, 3.8) is 0 Å². The monoisotopic (exact) mass is 321 g/mol. The average Bonchev–Trinajstić information content (AvgIpc) is 3.03. The number of aliphatic carboxylic acids is 1. The summed E-state index contributed by atoms with van der Waals surface area (Å²) < 4.78 is 6.42. The number of nitrogens with zero attached hydrogens (tertiary/aromatic N) is 4. The third-order valence-corrected chi connectivity index (χ3v) is 2.89. The number of hydrogen-bond acceptors (Lipinski definition) is 5. The molecule has 114 valence electrons. The Kier molecular flexibility index (Phi) is 5.37. The maximum atomic E-state index is 10.5. The smallest absolute Gasteiger partial charge is 0.309 e. The summed E-state index contributed by atoms with van der Waals surface area (Å²) in [5.41, 5.74) is 2.76. The van der Waals surface area contributed by atoms with Gasteiger partial charge in [0.15, 0.2) is 24.5 Å². The van der Waals surface area contributed by atoms with Crippen molar-refractivity contribution in [2.45, 2.75) is 13.0 Å². The van der Waals surface area contributed by atoms with Gasteiger partial charge >= 0.3 is 5.97 Å². The van der Waals surface area contributed by atoms with Gasteiger partial charge < -0.3 is 5.11 Å². The normalized spacial score (nSPS) is 10.1. The fraction of sp³-hybridized carbons (Fsp3) is 0.214. The number of pyridine rings is 2. The first-order valence-corrected chi connectivity index (χ1v) is 7.16. The molecule has 0 aliphatic heterocycles. The van der Waals surface area contributed by atoms with Crippen LogP contribution in [0.5, 0.6) is 0 Å². The van der Waals surface area contributed by atoms with Crippen LogP contribution in [0, 0.1) is 0 Å². The van der Waals surface area contributed by atoms with Gasteiger partial charge in [-0.15, -0.1) is 11.6 Å². The molecule has 3 aromatic heterocycles. The molecule has 0 radical (unpaired) electrons. The van der Waals surface area contributed by atoms with Gasteiger partial charge in [0.05, 0.1) is 5.69 Å². The van der Waals surface area contributed by atoms with E-state index in [0.29, 0.717) is 17.7 Å². The molecule has 3 aromatic rings. The Bertz CT molecular complexity index is 758. The van der Waals surface area contributed by atoms with Crippen molar-refractivity contribution < 1.29 is 19.1 Å². The number of carboxylic acids is 1. The summed E-state index contributed by atoms with van der Waals surface area (Å²) in [4.78, 5) is 14.9. The molecular formula is C14H14ClN4O3+. The molecule has 0 bridgehead atoms. The van der Waals surface area contributed by atoms with E-state index in [1.165, 1.54) is 6.38 Å². The summed E-state index contributed by atoms with van der Waals surface area (Å²) in [6.45, 7) is 0.440. The number of carbonyl (C=O) groups is 1. The Labute approximate surface area is 131 Å². The molecule has 3 rings (SSSR count). The highest BCUT2D eigenvalue weighted by Crippen LogP contribution is 2.17. The van der Waals surface area contributed by atoms with Crippen molar-refractivity contribution in [1.82, 2.24) is 15.3 Å². The maximum absolute atomic E-state index is 10.5. The maximum Gasteiger partial charge on any atom is 0.309 e.